The number of hydrogen-bond donors (Lipinski definition) is 1. The van der Waals surface area contributed by atoms with E-state index in [4.69, 9.17) is 16.3 Å². The molecular weight excluding hydrogens is 396 g/mol. The standard InChI is InChI=1S/C17H15ClN2O6S/c1-10-2-6-15(27-10)14(21)5-7-17(23)26-9-16(22)19-13-4-3-11(20(24)25)8-12(13)18/h2-4,6,8H,5,7,9H2,1H3,(H,19,22). The van der Waals surface area contributed by atoms with Crippen molar-refractivity contribution in [1.82, 2.24) is 0 Å². The molecule has 2 rings (SSSR count). The van der Waals surface area contributed by atoms with E-state index in [1.807, 2.05) is 13.0 Å². The van der Waals surface area contributed by atoms with Crippen LogP contribution in [-0.4, -0.2) is 29.2 Å². The number of halogens is 1. The smallest absolute Gasteiger partial charge is 0.306 e. The molecule has 0 fully saturated rings. The third-order valence-corrected chi connectivity index (χ3v) is 4.73. The normalized spacial score (nSPS) is 10.3. The van der Waals surface area contributed by atoms with Crippen LogP contribution in [0.1, 0.15) is 27.4 Å². The summed E-state index contributed by atoms with van der Waals surface area (Å²) in [7, 11) is 0. The Bertz CT molecular complexity index is 895. The number of amides is 1. The predicted molar refractivity (Wildman–Crippen MR) is 100 cm³/mol. The number of nitro benzene ring substituents is 1. The highest BCUT2D eigenvalue weighted by Gasteiger charge is 2.15. The Morgan fingerprint density at radius 2 is 1.96 bits per heavy atom. The molecule has 1 heterocycles. The molecule has 0 aliphatic rings. The topological polar surface area (TPSA) is 116 Å². The summed E-state index contributed by atoms with van der Waals surface area (Å²) in [6.45, 7) is 1.32. The lowest BCUT2D eigenvalue weighted by Crippen LogP contribution is -2.21. The fourth-order valence-electron chi connectivity index (χ4n) is 2.05. The lowest BCUT2D eigenvalue weighted by molar-refractivity contribution is -0.384. The number of anilines is 1. The molecule has 0 spiro atoms. The average molecular weight is 411 g/mol. The summed E-state index contributed by atoms with van der Waals surface area (Å²) in [4.78, 5) is 47.0. The molecule has 27 heavy (non-hydrogen) atoms. The highest BCUT2D eigenvalue weighted by Crippen LogP contribution is 2.26. The van der Waals surface area contributed by atoms with Crippen LogP contribution in [-0.2, 0) is 14.3 Å². The first-order valence-electron chi connectivity index (χ1n) is 7.75. The molecule has 1 amide bonds. The quantitative estimate of drug-likeness (QED) is 0.306. The Labute approximate surface area is 163 Å². The molecule has 142 valence electrons. The summed E-state index contributed by atoms with van der Waals surface area (Å²) >= 11 is 7.21. The van der Waals surface area contributed by atoms with Crippen LogP contribution in [0.25, 0.3) is 0 Å². The van der Waals surface area contributed by atoms with Gasteiger partial charge in [-0.1, -0.05) is 11.6 Å². The van der Waals surface area contributed by atoms with Crippen LogP contribution in [0, 0.1) is 17.0 Å². The number of nitrogens with one attached hydrogen (secondary N) is 1. The van der Waals surface area contributed by atoms with E-state index in [-0.39, 0.29) is 35.0 Å². The van der Waals surface area contributed by atoms with Gasteiger partial charge in [0.15, 0.2) is 12.4 Å². The second-order valence-electron chi connectivity index (χ2n) is 5.46. The number of rotatable bonds is 8. The first-order valence-corrected chi connectivity index (χ1v) is 8.94. The van der Waals surface area contributed by atoms with E-state index in [2.05, 4.69) is 5.32 Å². The highest BCUT2D eigenvalue weighted by molar-refractivity contribution is 7.14. The molecule has 1 aromatic carbocycles. The van der Waals surface area contributed by atoms with Crippen LogP contribution in [0.3, 0.4) is 0 Å². The molecule has 0 bridgehead atoms. The van der Waals surface area contributed by atoms with Gasteiger partial charge in [0, 0.05) is 23.4 Å². The summed E-state index contributed by atoms with van der Waals surface area (Å²) in [5, 5.41) is 13.0. The number of ketones is 1. The fraction of sp³-hybridized carbons (Fsp3) is 0.235. The van der Waals surface area contributed by atoms with E-state index in [9.17, 15) is 24.5 Å². The molecular formula is C17H15ClN2O6S. The monoisotopic (exact) mass is 410 g/mol. The van der Waals surface area contributed by atoms with Gasteiger partial charge in [0.05, 0.1) is 26.9 Å². The second-order valence-corrected chi connectivity index (χ2v) is 7.16. The summed E-state index contributed by atoms with van der Waals surface area (Å²) in [6, 6.07) is 7.09. The highest BCUT2D eigenvalue weighted by atomic mass is 35.5. The van der Waals surface area contributed by atoms with Crippen molar-refractivity contribution in [3.8, 4) is 0 Å². The minimum Gasteiger partial charge on any atom is -0.456 e. The molecule has 0 saturated heterocycles. The van der Waals surface area contributed by atoms with Gasteiger partial charge in [-0.3, -0.25) is 24.5 Å². The number of hydrogen-bond acceptors (Lipinski definition) is 7. The number of thiophene rings is 1. The van der Waals surface area contributed by atoms with Gasteiger partial charge in [0.2, 0.25) is 0 Å². The van der Waals surface area contributed by atoms with Gasteiger partial charge < -0.3 is 10.1 Å². The number of Topliss-reactive ketones (excluding diaryl/α,β-unsaturated/α-hetero) is 1. The Hall–Kier alpha value is -2.78. The van der Waals surface area contributed by atoms with Crippen molar-refractivity contribution in [2.45, 2.75) is 19.8 Å². The van der Waals surface area contributed by atoms with Crippen molar-refractivity contribution in [2.75, 3.05) is 11.9 Å². The van der Waals surface area contributed by atoms with Crippen LogP contribution in [0.4, 0.5) is 11.4 Å². The van der Waals surface area contributed by atoms with Gasteiger partial charge in [-0.15, -0.1) is 11.3 Å². The maximum Gasteiger partial charge on any atom is 0.306 e. The maximum absolute atomic E-state index is 11.9. The van der Waals surface area contributed by atoms with E-state index in [0.717, 1.165) is 10.9 Å². The van der Waals surface area contributed by atoms with Gasteiger partial charge >= 0.3 is 5.97 Å². The number of ether oxygens (including phenoxy) is 1. The van der Waals surface area contributed by atoms with Crippen molar-refractivity contribution in [3.63, 3.8) is 0 Å². The largest absolute Gasteiger partial charge is 0.456 e. The summed E-state index contributed by atoms with van der Waals surface area (Å²) < 4.78 is 4.82. The SMILES string of the molecule is Cc1ccc(C(=O)CCC(=O)OCC(=O)Nc2ccc([N+](=O)[O-])cc2Cl)s1. The zero-order chi connectivity index (χ0) is 20.0. The second kappa shape index (κ2) is 9.24. The van der Waals surface area contributed by atoms with Crippen LogP contribution in [0.5, 0.6) is 0 Å². The van der Waals surface area contributed by atoms with Gasteiger partial charge in [-0.05, 0) is 25.1 Å². The first kappa shape index (κ1) is 20.5. The molecule has 0 saturated carbocycles. The van der Waals surface area contributed by atoms with E-state index >= 15 is 0 Å². The molecule has 0 atom stereocenters. The van der Waals surface area contributed by atoms with Crippen LogP contribution in [0.2, 0.25) is 5.02 Å². The molecule has 0 radical (unpaired) electrons. The summed E-state index contributed by atoms with van der Waals surface area (Å²) in [5.41, 5.74) is -0.0541. The van der Waals surface area contributed by atoms with E-state index < -0.39 is 23.4 Å². The van der Waals surface area contributed by atoms with Crippen molar-refractivity contribution in [1.29, 1.82) is 0 Å². The van der Waals surface area contributed by atoms with Gasteiger partial charge in [0.25, 0.3) is 11.6 Å². The zero-order valence-electron chi connectivity index (χ0n) is 14.2. The number of non-ortho nitro benzene ring substituents is 1. The van der Waals surface area contributed by atoms with Gasteiger partial charge in [0.1, 0.15) is 0 Å². The maximum atomic E-state index is 11.9. The van der Waals surface area contributed by atoms with Crippen molar-refractivity contribution >= 4 is 52.0 Å². The van der Waals surface area contributed by atoms with E-state index in [0.29, 0.717) is 4.88 Å². The average Bonchev–Trinajstić information content (AvgIpc) is 3.06. The number of nitrogens with zero attached hydrogens (tertiary/aromatic N) is 1. The lowest BCUT2D eigenvalue weighted by Gasteiger charge is -2.08. The van der Waals surface area contributed by atoms with E-state index in [1.165, 1.54) is 23.5 Å². The molecule has 2 aromatic rings. The van der Waals surface area contributed by atoms with Crippen LogP contribution >= 0.6 is 22.9 Å². The Morgan fingerprint density at radius 1 is 1.22 bits per heavy atom. The molecule has 8 nitrogen and oxygen atoms in total. The molecule has 0 unspecified atom stereocenters. The molecule has 0 aliphatic carbocycles. The Morgan fingerprint density at radius 3 is 2.56 bits per heavy atom. The van der Waals surface area contributed by atoms with Crippen molar-refractivity contribution in [2.24, 2.45) is 0 Å². The minimum absolute atomic E-state index is 0.00537. The number of esters is 1. The molecule has 0 aliphatic heterocycles. The van der Waals surface area contributed by atoms with Gasteiger partial charge in [-0.25, -0.2) is 0 Å². The zero-order valence-corrected chi connectivity index (χ0v) is 15.8. The summed E-state index contributed by atoms with van der Waals surface area (Å²) in [6.07, 6.45) is -0.143. The summed E-state index contributed by atoms with van der Waals surface area (Å²) in [5.74, 6) is -1.49. The van der Waals surface area contributed by atoms with E-state index in [1.54, 1.807) is 6.07 Å². The number of nitro groups is 1. The predicted octanol–water partition coefficient (Wildman–Crippen LogP) is 3.76. The number of aryl methyl sites for hydroxylation is 1. The Balaban J connectivity index is 1.77. The molecule has 10 heteroatoms. The minimum atomic E-state index is -0.679. The van der Waals surface area contributed by atoms with Gasteiger partial charge in [-0.2, -0.15) is 0 Å². The first-order chi connectivity index (χ1) is 12.8. The van der Waals surface area contributed by atoms with Crippen LogP contribution < -0.4 is 5.32 Å². The van der Waals surface area contributed by atoms with Crippen molar-refractivity contribution in [3.05, 3.63) is 55.2 Å². The fourth-order valence-corrected chi connectivity index (χ4v) is 3.10. The molecule has 1 N–H and O–H groups in total. The van der Waals surface area contributed by atoms with Crippen molar-refractivity contribution < 1.29 is 24.0 Å². The number of benzene rings is 1. The number of carbonyl (C=O) groups is 3. The molecule has 1 aromatic heterocycles. The number of carbonyl (C=O) groups excluding carboxylic acids is 3. The van der Waals surface area contributed by atoms with Crippen LogP contribution in [0.15, 0.2) is 30.3 Å². The lowest BCUT2D eigenvalue weighted by atomic mass is 10.2. The third-order valence-electron chi connectivity index (χ3n) is 3.37. The Kier molecular flexibility index (Phi) is 7.03. The third kappa shape index (κ3) is 6.15.